The quantitative estimate of drug-likeness (QED) is 0.867. The molecule has 1 aliphatic heterocycles. The Hall–Kier alpha value is -0.810. The van der Waals surface area contributed by atoms with Gasteiger partial charge in [-0.15, -0.1) is 24.8 Å². The first-order valence-corrected chi connectivity index (χ1v) is 7.89. The van der Waals surface area contributed by atoms with E-state index in [1.54, 1.807) is 6.92 Å². The Balaban J connectivity index is 0.00000132. The van der Waals surface area contributed by atoms with Crippen molar-refractivity contribution in [3.63, 3.8) is 0 Å². The van der Waals surface area contributed by atoms with E-state index in [9.17, 15) is 4.79 Å². The number of benzene rings is 1. The summed E-state index contributed by atoms with van der Waals surface area (Å²) in [5, 5.41) is 3.16. The molecule has 6 heteroatoms. The Morgan fingerprint density at radius 3 is 2.43 bits per heavy atom. The number of rotatable bonds is 4. The van der Waals surface area contributed by atoms with Crippen LogP contribution in [0.15, 0.2) is 30.3 Å². The van der Waals surface area contributed by atoms with Gasteiger partial charge in [0.15, 0.2) is 0 Å². The molecule has 1 heterocycles. The average molecular weight is 360 g/mol. The van der Waals surface area contributed by atoms with Crippen molar-refractivity contribution in [2.75, 3.05) is 6.54 Å². The molecule has 0 bridgehead atoms. The summed E-state index contributed by atoms with van der Waals surface area (Å²) in [5.74, 6) is -0.0800. The summed E-state index contributed by atoms with van der Waals surface area (Å²) >= 11 is 0. The first-order valence-electron chi connectivity index (χ1n) is 7.89. The lowest BCUT2D eigenvalue weighted by atomic mass is 9.92. The van der Waals surface area contributed by atoms with E-state index in [0.29, 0.717) is 6.04 Å². The first kappa shape index (κ1) is 20.2. The minimum absolute atomic E-state index is 0. The van der Waals surface area contributed by atoms with Crippen LogP contribution >= 0.6 is 24.8 Å². The van der Waals surface area contributed by atoms with Gasteiger partial charge in [0.05, 0.1) is 0 Å². The number of amides is 1. The molecule has 1 saturated carbocycles. The highest BCUT2D eigenvalue weighted by atomic mass is 35.5. The zero-order chi connectivity index (χ0) is 15.0. The SMILES string of the molecule is CC1CC(NC(=O)C(C)(N)c2ccccc2)CN1C1CC1.Cl.Cl. The van der Waals surface area contributed by atoms with E-state index in [4.69, 9.17) is 5.73 Å². The molecule has 0 aromatic heterocycles. The van der Waals surface area contributed by atoms with Gasteiger partial charge >= 0.3 is 0 Å². The summed E-state index contributed by atoms with van der Waals surface area (Å²) in [6, 6.07) is 11.1. The summed E-state index contributed by atoms with van der Waals surface area (Å²) in [7, 11) is 0. The van der Waals surface area contributed by atoms with Gasteiger partial charge in [-0.05, 0) is 38.7 Å². The normalized spacial score (nSPS) is 26.6. The molecule has 1 aliphatic carbocycles. The zero-order valence-electron chi connectivity index (χ0n) is 13.7. The van der Waals surface area contributed by atoms with Gasteiger partial charge in [0.25, 0.3) is 0 Å². The number of nitrogens with two attached hydrogens (primary N) is 1. The zero-order valence-corrected chi connectivity index (χ0v) is 15.3. The van der Waals surface area contributed by atoms with Gasteiger partial charge in [-0.2, -0.15) is 0 Å². The summed E-state index contributed by atoms with van der Waals surface area (Å²) < 4.78 is 0. The fraction of sp³-hybridized carbons (Fsp3) is 0.588. The van der Waals surface area contributed by atoms with E-state index in [1.807, 2.05) is 30.3 Å². The fourth-order valence-electron chi connectivity index (χ4n) is 3.33. The maximum atomic E-state index is 12.6. The maximum Gasteiger partial charge on any atom is 0.244 e. The number of likely N-dealkylation sites (tertiary alicyclic amines) is 1. The van der Waals surface area contributed by atoms with Gasteiger partial charge in [-0.3, -0.25) is 9.69 Å². The molecule has 1 saturated heterocycles. The van der Waals surface area contributed by atoms with E-state index in [2.05, 4.69) is 17.1 Å². The molecule has 23 heavy (non-hydrogen) atoms. The molecular weight excluding hydrogens is 333 g/mol. The number of halogens is 2. The lowest BCUT2D eigenvalue weighted by molar-refractivity contribution is -0.126. The Labute approximate surface area is 151 Å². The number of carbonyl (C=O) groups is 1. The molecule has 1 aromatic rings. The van der Waals surface area contributed by atoms with E-state index in [-0.39, 0.29) is 36.8 Å². The molecule has 4 nitrogen and oxygen atoms in total. The molecule has 3 N–H and O–H groups in total. The average Bonchev–Trinajstić information content (AvgIpc) is 3.24. The predicted octanol–water partition coefficient (Wildman–Crippen LogP) is 2.45. The van der Waals surface area contributed by atoms with E-state index in [1.165, 1.54) is 12.8 Å². The molecule has 1 amide bonds. The topological polar surface area (TPSA) is 58.4 Å². The van der Waals surface area contributed by atoms with Crippen LogP contribution in [-0.4, -0.2) is 35.5 Å². The van der Waals surface area contributed by atoms with Crippen molar-refractivity contribution in [1.82, 2.24) is 10.2 Å². The van der Waals surface area contributed by atoms with Crippen molar-refractivity contribution in [2.45, 2.75) is 56.8 Å². The number of carbonyl (C=O) groups excluding carboxylic acids is 1. The van der Waals surface area contributed by atoms with Crippen molar-refractivity contribution in [1.29, 1.82) is 0 Å². The number of hydrogen-bond donors (Lipinski definition) is 2. The molecule has 1 aromatic carbocycles. The van der Waals surface area contributed by atoms with E-state index < -0.39 is 5.54 Å². The fourth-order valence-corrected chi connectivity index (χ4v) is 3.33. The Bertz CT molecular complexity index is 520. The standard InChI is InChI=1S/C17H25N3O.2ClH/c1-12-10-14(11-20(12)15-8-9-15)19-16(21)17(2,18)13-6-4-3-5-7-13;;/h3-7,12,14-15H,8-11,18H2,1-2H3,(H,19,21);2*1H. The Morgan fingerprint density at radius 1 is 1.26 bits per heavy atom. The second kappa shape index (κ2) is 7.84. The molecule has 2 aliphatic rings. The van der Waals surface area contributed by atoms with Crippen LogP contribution in [0.1, 0.15) is 38.7 Å². The Morgan fingerprint density at radius 2 is 1.87 bits per heavy atom. The van der Waals surface area contributed by atoms with Crippen LogP contribution in [-0.2, 0) is 10.3 Å². The highest BCUT2D eigenvalue weighted by Gasteiger charge is 2.40. The molecular formula is C17H27Cl2N3O. The van der Waals surface area contributed by atoms with Crippen molar-refractivity contribution < 1.29 is 4.79 Å². The van der Waals surface area contributed by atoms with Gasteiger partial charge < -0.3 is 11.1 Å². The third-order valence-corrected chi connectivity index (χ3v) is 4.82. The van der Waals surface area contributed by atoms with Gasteiger partial charge in [0.1, 0.15) is 5.54 Å². The maximum absolute atomic E-state index is 12.6. The smallest absolute Gasteiger partial charge is 0.244 e. The molecule has 0 spiro atoms. The largest absolute Gasteiger partial charge is 0.350 e. The van der Waals surface area contributed by atoms with Crippen LogP contribution in [0.3, 0.4) is 0 Å². The predicted molar refractivity (Wildman–Crippen MR) is 98.2 cm³/mol. The molecule has 3 atom stereocenters. The lowest BCUT2D eigenvalue weighted by Gasteiger charge is -2.26. The summed E-state index contributed by atoms with van der Waals surface area (Å²) in [5.41, 5.74) is 6.16. The summed E-state index contributed by atoms with van der Waals surface area (Å²) in [6.45, 7) is 5.00. The molecule has 0 radical (unpaired) electrons. The van der Waals surface area contributed by atoms with Crippen LogP contribution in [0, 0.1) is 0 Å². The highest BCUT2D eigenvalue weighted by molar-refractivity contribution is 5.87. The van der Waals surface area contributed by atoms with Crippen molar-refractivity contribution in [2.24, 2.45) is 5.73 Å². The molecule has 3 rings (SSSR count). The summed E-state index contributed by atoms with van der Waals surface area (Å²) in [6.07, 6.45) is 3.64. The van der Waals surface area contributed by atoms with Gasteiger partial charge in [0, 0.05) is 24.7 Å². The molecule has 2 fully saturated rings. The minimum atomic E-state index is -0.975. The molecule has 130 valence electrons. The minimum Gasteiger partial charge on any atom is -0.350 e. The second-order valence-corrected chi connectivity index (χ2v) is 6.75. The van der Waals surface area contributed by atoms with E-state index >= 15 is 0 Å². The van der Waals surface area contributed by atoms with Crippen LogP contribution in [0.25, 0.3) is 0 Å². The molecule has 3 unspecified atom stereocenters. The van der Waals surface area contributed by atoms with Crippen LogP contribution in [0.5, 0.6) is 0 Å². The highest BCUT2D eigenvalue weighted by Crippen LogP contribution is 2.33. The van der Waals surface area contributed by atoms with Crippen LogP contribution < -0.4 is 11.1 Å². The van der Waals surface area contributed by atoms with Gasteiger partial charge in [-0.1, -0.05) is 30.3 Å². The van der Waals surface area contributed by atoms with Gasteiger partial charge in [0.2, 0.25) is 5.91 Å². The number of nitrogens with zero attached hydrogens (tertiary/aromatic N) is 1. The van der Waals surface area contributed by atoms with Crippen molar-refractivity contribution in [3.8, 4) is 0 Å². The second-order valence-electron chi connectivity index (χ2n) is 6.75. The monoisotopic (exact) mass is 359 g/mol. The lowest BCUT2D eigenvalue weighted by Crippen LogP contribution is -2.52. The Kier molecular flexibility index (Phi) is 6.90. The van der Waals surface area contributed by atoms with Crippen molar-refractivity contribution in [3.05, 3.63) is 35.9 Å². The first-order chi connectivity index (χ1) is 9.98. The van der Waals surface area contributed by atoms with E-state index in [0.717, 1.165) is 24.6 Å². The summed E-state index contributed by atoms with van der Waals surface area (Å²) in [4.78, 5) is 15.1. The van der Waals surface area contributed by atoms with Crippen LogP contribution in [0.4, 0.5) is 0 Å². The number of nitrogens with one attached hydrogen (secondary N) is 1. The third kappa shape index (κ3) is 4.38. The number of hydrogen-bond acceptors (Lipinski definition) is 3. The van der Waals surface area contributed by atoms with Crippen molar-refractivity contribution >= 4 is 30.7 Å². The van der Waals surface area contributed by atoms with Gasteiger partial charge in [-0.25, -0.2) is 0 Å². The van der Waals surface area contributed by atoms with Crippen LogP contribution in [0.2, 0.25) is 0 Å². The third-order valence-electron chi connectivity index (χ3n) is 4.82.